The fourth-order valence-electron chi connectivity index (χ4n) is 7.53. The van der Waals surface area contributed by atoms with Gasteiger partial charge in [-0.05, 0) is 92.3 Å². The van der Waals surface area contributed by atoms with Crippen molar-refractivity contribution in [1.29, 1.82) is 0 Å². The third kappa shape index (κ3) is 6.37. The summed E-state index contributed by atoms with van der Waals surface area (Å²) >= 11 is 0. The fraction of sp³-hybridized carbons (Fsp3) is 0.486. The minimum Gasteiger partial charge on any atom is -0.459 e. The van der Waals surface area contributed by atoms with E-state index in [1.54, 1.807) is 12.1 Å². The standard InChI is InChI=1S/C35H43N3O3/c1-25-8-5-6-10-31(25)37-17-19-38(20-18-37)32-16-15-29(24-30(32)36-35(40)34-12-7-21-41-34)33(39)11-4-2-3-9-27-22-26-13-14-28(27)23-26/h5-8,10,12,15-16,21,24,26-28H,2-4,9,11,13-14,17-20,22-23H2,1H3,(H,36,40). The minimum atomic E-state index is -0.306. The summed E-state index contributed by atoms with van der Waals surface area (Å²) < 4.78 is 5.33. The van der Waals surface area contributed by atoms with Crippen LogP contribution in [0.2, 0.25) is 0 Å². The van der Waals surface area contributed by atoms with E-state index in [0.29, 0.717) is 17.7 Å². The summed E-state index contributed by atoms with van der Waals surface area (Å²) in [5.74, 6) is 3.03. The Kier molecular flexibility index (Phi) is 8.45. The summed E-state index contributed by atoms with van der Waals surface area (Å²) in [6.45, 7) is 5.58. The molecule has 2 saturated carbocycles. The van der Waals surface area contributed by atoms with Crippen molar-refractivity contribution in [3.8, 4) is 0 Å². The number of para-hydroxylation sites is 1. The van der Waals surface area contributed by atoms with Crippen LogP contribution in [-0.4, -0.2) is 37.9 Å². The Hall–Kier alpha value is -3.54. The van der Waals surface area contributed by atoms with E-state index in [9.17, 15) is 9.59 Å². The normalized spacial score (nSPS) is 21.8. The van der Waals surface area contributed by atoms with Gasteiger partial charge in [0.15, 0.2) is 11.5 Å². The van der Waals surface area contributed by atoms with Gasteiger partial charge in [0.25, 0.3) is 5.91 Å². The van der Waals surface area contributed by atoms with Crippen LogP contribution in [0, 0.1) is 24.7 Å². The number of anilines is 3. The molecule has 1 amide bonds. The fourth-order valence-corrected chi connectivity index (χ4v) is 7.53. The lowest BCUT2D eigenvalue weighted by molar-refractivity contribution is 0.0974. The highest BCUT2D eigenvalue weighted by atomic mass is 16.3. The van der Waals surface area contributed by atoms with E-state index in [-0.39, 0.29) is 17.5 Å². The van der Waals surface area contributed by atoms with Crippen molar-refractivity contribution in [3.63, 3.8) is 0 Å². The first-order valence-electron chi connectivity index (χ1n) is 15.6. The molecule has 3 aromatic rings. The van der Waals surface area contributed by atoms with Crippen LogP contribution in [0.15, 0.2) is 65.3 Å². The zero-order valence-electron chi connectivity index (χ0n) is 24.3. The Morgan fingerprint density at radius 3 is 2.39 bits per heavy atom. The molecule has 2 bridgehead atoms. The maximum absolute atomic E-state index is 13.2. The molecule has 0 radical (unpaired) electrons. The molecular formula is C35H43N3O3. The number of furan rings is 1. The van der Waals surface area contributed by atoms with Gasteiger partial charge in [-0.25, -0.2) is 0 Å². The zero-order chi connectivity index (χ0) is 28.2. The Bertz CT molecular complexity index is 1340. The van der Waals surface area contributed by atoms with Crippen LogP contribution in [0.1, 0.15) is 84.3 Å². The minimum absolute atomic E-state index is 0.148. The van der Waals surface area contributed by atoms with Crippen LogP contribution < -0.4 is 15.1 Å². The van der Waals surface area contributed by atoms with Gasteiger partial charge >= 0.3 is 0 Å². The number of hydrogen-bond acceptors (Lipinski definition) is 5. The summed E-state index contributed by atoms with van der Waals surface area (Å²) in [5, 5.41) is 3.04. The highest BCUT2D eigenvalue weighted by molar-refractivity contribution is 6.06. The first-order chi connectivity index (χ1) is 20.0. The lowest BCUT2D eigenvalue weighted by Crippen LogP contribution is -2.47. The second-order valence-electron chi connectivity index (χ2n) is 12.4. The average Bonchev–Trinajstić information content (AvgIpc) is 3.77. The van der Waals surface area contributed by atoms with Crippen LogP contribution in [0.4, 0.5) is 17.1 Å². The van der Waals surface area contributed by atoms with Crippen LogP contribution in [0.5, 0.6) is 0 Å². The number of hydrogen-bond donors (Lipinski definition) is 1. The van der Waals surface area contributed by atoms with Crippen molar-refractivity contribution in [2.24, 2.45) is 17.8 Å². The van der Waals surface area contributed by atoms with E-state index < -0.39 is 0 Å². The summed E-state index contributed by atoms with van der Waals surface area (Å²) in [6.07, 6.45) is 12.5. The summed E-state index contributed by atoms with van der Waals surface area (Å²) in [6, 6.07) is 17.7. The van der Waals surface area contributed by atoms with Gasteiger partial charge < -0.3 is 19.5 Å². The second kappa shape index (κ2) is 12.5. The van der Waals surface area contributed by atoms with E-state index in [1.807, 2.05) is 18.2 Å². The molecule has 3 fully saturated rings. The van der Waals surface area contributed by atoms with E-state index >= 15 is 0 Å². The predicted molar refractivity (Wildman–Crippen MR) is 165 cm³/mol. The smallest absolute Gasteiger partial charge is 0.291 e. The lowest BCUT2D eigenvalue weighted by Gasteiger charge is -2.38. The quantitative estimate of drug-likeness (QED) is 0.194. The van der Waals surface area contributed by atoms with E-state index in [1.165, 1.54) is 56.0 Å². The molecule has 6 heteroatoms. The molecule has 6 rings (SSSR count). The number of amides is 1. The second-order valence-corrected chi connectivity index (χ2v) is 12.4. The Balaban J connectivity index is 1.09. The molecule has 2 aliphatic carbocycles. The third-order valence-electron chi connectivity index (χ3n) is 9.75. The summed E-state index contributed by atoms with van der Waals surface area (Å²) in [4.78, 5) is 30.9. The summed E-state index contributed by atoms with van der Waals surface area (Å²) in [7, 11) is 0. The highest BCUT2D eigenvalue weighted by Crippen LogP contribution is 2.50. The molecule has 3 unspecified atom stereocenters. The van der Waals surface area contributed by atoms with Gasteiger partial charge in [0.2, 0.25) is 0 Å². The van der Waals surface area contributed by atoms with E-state index in [2.05, 4.69) is 46.3 Å². The maximum Gasteiger partial charge on any atom is 0.291 e. The van der Waals surface area contributed by atoms with Gasteiger partial charge in [0, 0.05) is 43.9 Å². The maximum atomic E-state index is 13.2. The molecule has 216 valence electrons. The number of nitrogens with one attached hydrogen (secondary N) is 1. The molecule has 1 aliphatic heterocycles. The molecule has 1 N–H and O–H groups in total. The van der Waals surface area contributed by atoms with Crippen LogP contribution in [0.3, 0.4) is 0 Å². The van der Waals surface area contributed by atoms with Crippen molar-refractivity contribution in [3.05, 3.63) is 77.7 Å². The first-order valence-corrected chi connectivity index (χ1v) is 15.6. The number of carbonyl (C=O) groups is 2. The van der Waals surface area contributed by atoms with Crippen molar-refractivity contribution in [1.82, 2.24) is 0 Å². The number of nitrogens with zero attached hydrogens (tertiary/aromatic N) is 2. The number of piperazine rings is 1. The first kappa shape index (κ1) is 27.6. The molecule has 3 aliphatic rings. The number of rotatable bonds is 11. The monoisotopic (exact) mass is 553 g/mol. The SMILES string of the molecule is Cc1ccccc1N1CCN(c2ccc(C(=O)CCCCCC3CC4CCC3C4)cc2NC(=O)c2ccco2)CC1. The summed E-state index contributed by atoms with van der Waals surface area (Å²) in [5.41, 5.74) is 4.82. The number of carbonyl (C=O) groups excluding carboxylic acids is 2. The molecule has 41 heavy (non-hydrogen) atoms. The average molecular weight is 554 g/mol. The Morgan fingerprint density at radius 1 is 0.878 bits per heavy atom. The molecule has 6 nitrogen and oxygen atoms in total. The highest BCUT2D eigenvalue weighted by Gasteiger charge is 2.38. The largest absolute Gasteiger partial charge is 0.459 e. The number of unbranched alkanes of at least 4 members (excludes halogenated alkanes) is 2. The van der Waals surface area contributed by atoms with Crippen molar-refractivity contribution in [2.75, 3.05) is 41.3 Å². The van der Waals surface area contributed by atoms with Gasteiger partial charge in [-0.15, -0.1) is 0 Å². The van der Waals surface area contributed by atoms with Crippen LogP contribution in [-0.2, 0) is 0 Å². The molecule has 0 spiro atoms. The van der Waals surface area contributed by atoms with Crippen molar-refractivity contribution < 1.29 is 14.0 Å². The number of aryl methyl sites for hydroxylation is 1. The van der Waals surface area contributed by atoms with E-state index in [0.717, 1.165) is 62.5 Å². The number of fused-ring (bicyclic) bond motifs is 2. The zero-order valence-corrected chi connectivity index (χ0v) is 24.3. The van der Waals surface area contributed by atoms with Crippen LogP contribution >= 0.6 is 0 Å². The van der Waals surface area contributed by atoms with E-state index in [4.69, 9.17) is 4.42 Å². The van der Waals surface area contributed by atoms with Crippen molar-refractivity contribution >= 4 is 28.8 Å². The van der Waals surface area contributed by atoms with Crippen LogP contribution in [0.25, 0.3) is 0 Å². The van der Waals surface area contributed by atoms with Gasteiger partial charge in [-0.1, -0.05) is 43.9 Å². The van der Waals surface area contributed by atoms with Gasteiger partial charge in [-0.3, -0.25) is 9.59 Å². The molecule has 3 atom stereocenters. The topological polar surface area (TPSA) is 65.8 Å². The van der Waals surface area contributed by atoms with Gasteiger partial charge in [-0.2, -0.15) is 0 Å². The van der Waals surface area contributed by atoms with Gasteiger partial charge in [0.1, 0.15) is 0 Å². The third-order valence-corrected chi connectivity index (χ3v) is 9.75. The predicted octanol–water partition coefficient (Wildman–Crippen LogP) is 7.74. The Morgan fingerprint density at radius 2 is 1.68 bits per heavy atom. The number of benzene rings is 2. The Labute approximate surface area is 244 Å². The molecule has 1 aromatic heterocycles. The number of Topliss-reactive ketones (excluding diaryl/α,β-unsaturated/α-hetero) is 1. The lowest BCUT2D eigenvalue weighted by atomic mass is 9.85. The molecule has 2 aromatic carbocycles. The molecular weight excluding hydrogens is 510 g/mol. The number of ketones is 1. The van der Waals surface area contributed by atoms with Gasteiger partial charge in [0.05, 0.1) is 17.6 Å². The molecule has 1 saturated heterocycles. The molecule has 2 heterocycles. The van der Waals surface area contributed by atoms with Crippen molar-refractivity contribution in [2.45, 2.75) is 64.7 Å².